The molecule has 0 spiro atoms. The van der Waals surface area contributed by atoms with Crippen molar-refractivity contribution in [3.63, 3.8) is 0 Å². The molecular formula is C15H20O3. The topological polar surface area (TPSA) is 35.5 Å². The minimum absolute atomic E-state index is 0.0210. The van der Waals surface area contributed by atoms with Crippen LogP contribution in [0.25, 0.3) is 0 Å². The Morgan fingerprint density at radius 3 is 2.94 bits per heavy atom. The second kappa shape index (κ2) is 5.42. The number of hydrogen-bond donors (Lipinski definition) is 0. The van der Waals surface area contributed by atoms with Crippen molar-refractivity contribution in [1.82, 2.24) is 0 Å². The predicted molar refractivity (Wildman–Crippen MR) is 69.6 cm³/mol. The Balaban J connectivity index is 2.10. The third kappa shape index (κ3) is 2.50. The maximum Gasteiger partial charge on any atom is 0.309 e. The van der Waals surface area contributed by atoms with Crippen molar-refractivity contribution in [2.45, 2.75) is 39.2 Å². The molecule has 0 radical (unpaired) electrons. The molecule has 2 rings (SSSR count). The van der Waals surface area contributed by atoms with Crippen LogP contribution in [0.2, 0.25) is 0 Å². The van der Waals surface area contributed by atoms with E-state index in [-0.39, 0.29) is 18.0 Å². The summed E-state index contributed by atoms with van der Waals surface area (Å²) in [6.45, 7) is 3.91. The molecular weight excluding hydrogens is 228 g/mol. The molecule has 0 aliphatic heterocycles. The van der Waals surface area contributed by atoms with Gasteiger partial charge in [-0.3, -0.25) is 4.79 Å². The summed E-state index contributed by atoms with van der Waals surface area (Å²) in [6.07, 6.45) is 2.57. The summed E-state index contributed by atoms with van der Waals surface area (Å²) in [6, 6.07) is 5.97. The highest BCUT2D eigenvalue weighted by molar-refractivity contribution is 5.72. The van der Waals surface area contributed by atoms with Crippen LogP contribution in [0.3, 0.4) is 0 Å². The van der Waals surface area contributed by atoms with Crippen LogP contribution in [0.15, 0.2) is 18.2 Å². The normalized spacial score (nSPS) is 19.2. The highest BCUT2D eigenvalue weighted by atomic mass is 16.5. The van der Waals surface area contributed by atoms with Crippen molar-refractivity contribution in [3.05, 3.63) is 29.3 Å². The summed E-state index contributed by atoms with van der Waals surface area (Å²) >= 11 is 0. The Morgan fingerprint density at radius 2 is 2.28 bits per heavy atom. The molecule has 0 heterocycles. The molecule has 1 aliphatic rings. The zero-order chi connectivity index (χ0) is 13.1. The lowest BCUT2D eigenvalue weighted by molar-refractivity contribution is -0.153. The lowest BCUT2D eigenvalue weighted by Gasteiger charge is -2.16. The van der Waals surface area contributed by atoms with E-state index in [1.165, 1.54) is 5.56 Å². The minimum atomic E-state index is -0.0915. The van der Waals surface area contributed by atoms with Gasteiger partial charge in [0, 0.05) is 0 Å². The summed E-state index contributed by atoms with van der Waals surface area (Å²) in [4.78, 5) is 11.8. The molecule has 1 aromatic rings. The molecule has 18 heavy (non-hydrogen) atoms. The van der Waals surface area contributed by atoms with Crippen molar-refractivity contribution in [2.24, 2.45) is 5.92 Å². The minimum Gasteiger partial charge on any atom is -0.497 e. The molecule has 2 atom stereocenters. The van der Waals surface area contributed by atoms with Crippen LogP contribution in [0.4, 0.5) is 0 Å². The standard InChI is InChI=1S/C15H20O3/c1-4-10(2)15(16)18-14-8-5-11-9-12(17-3)6-7-13(11)14/h6-7,9-10,14H,4-5,8H2,1-3H3. The first-order chi connectivity index (χ1) is 8.65. The number of aryl methyl sites for hydroxylation is 1. The highest BCUT2D eigenvalue weighted by Crippen LogP contribution is 2.36. The van der Waals surface area contributed by atoms with Crippen LogP contribution in [0.1, 0.15) is 43.9 Å². The van der Waals surface area contributed by atoms with Crippen molar-refractivity contribution in [2.75, 3.05) is 7.11 Å². The zero-order valence-corrected chi connectivity index (χ0v) is 11.2. The average molecular weight is 248 g/mol. The largest absolute Gasteiger partial charge is 0.497 e. The Bertz CT molecular complexity index is 439. The molecule has 0 saturated heterocycles. The average Bonchev–Trinajstić information content (AvgIpc) is 2.80. The molecule has 0 fully saturated rings. The van der Waals surface area contributed by atoms with E-state index in [0.29, 0.717) is 0 Å². The first kappa shape index (κ1) is 12.9. The van der Waals surface area contributed by atoms with Gasteiger partial charge in [-0.05, 0) is 42.5 Å². The van der Waals surface area contributed by atoms with E-state index in [1.807, 2.05) is 32.0 Å². The Hall–Kier alpha value is -1.51. The molecule has 0 saturated carbocycles. The first-order valence-corrected chi connectivity index (χ1v) is 6.53. The number of ether oxygens (including phenoxy) is 2. The number of esters is 1. The fourth-order valence-electron chi connectivity index (χ4n) is 2.23. The summed E-state index contributed by atoms with van der Waals surface area (Å²) in [5.41, 5.74) is 2.36. The van der Waals surface area contributed by atoms with Gasteiger partial charge in [-0.2, -0.15) is 0 Å². The highest BCUT2D eigenvalue weighted by Gasteiger charge is 2.27. The summed E-state index contributed by atoms with van der Waals surface area (Å²) in [7, 11) is 1.66. The number of rotatable bonds is 4. The van der Waals surface area contributed by atoms with Gasteiger partial charge in [0.25, 0.3) is 0 Å². The van der Waals surface area contributed by atoms with E-state index in [0.717, 1.165) is 30.6 Å². The molecule has 0 N–H and O–H groups in total. The van der Waals surface area contributed by atoms with E-state index in [9.17, 15) is 4.79 Å². The zero-order valence-electron chi connectivity index (χ0n) is 11.2. The SMILES string of the molecule is CCC(C)C(=O)OC1CCc2cc(OC)ccc21. The van der Waals surface area contributed by atoms with Gasteiger partial charge in [-0.1, -0.05) is 19.9 Å². The molecule has 3 heteroatoms. The van der Waals surface area contributed by atoms with Crippen LogP contribution >= 0.6 is 0 Å². The van der Waals surface area contributed by atoms with E-state index in [1.54, 1.807) is 7.11 Å². The molecule has 0 bridgehead atoms. The Labute approximate surface area is 108 Å². The number of carbonyl (C=O) groups excluding carboxylic acids is 1. The quantitative estimate of drug-likeness (QED) is 0.767. The van der Waals surface area contributed by atoms with E-state index in [4.69, 9.17) is 9.47 Å². The number of fused-ring (bicyclic) bond motifs is 1. The summed E-state index contributed by atoms with van der Waals surface area (Å²) in [5.74, 6) is 0.751. The van der Waals surface area contributed by atoms with Crippen molar-refractivity contribution in [1.29, 1.82) is 0 Å². The van der Waals surface area contributed by atoms with Crippen molar-refractivity contribution in [3.8, 4) is 5.75 Å². The van der Waals surface area contributed by atoms with Gasteiger partial charge < -0.3 is 9.47 Å². The smallest absolute Gasteiger partial charge is 0.309 e. The van der Waals surface area contributed by atoms with Crippen LogP contribution in [0, 0.1) is 5.92 Å². The van der Waals surface area contributed by atoms with Crippen molar-refractivity contribution >= 4 is 5.97 Å². The van der Waals surface area contributed by atoms with Crippen LogP contribution < -0.4 is 4.74 Å². The van der Waals surface area contributed by atoms with Gasteiger partial charge in [-0.15, -0.1) is 0 Å². The van der Waals surface area contributed by atoms with Gasteiger partial charge in [0.1, 0.15) is 11.9 Å². The molecule has 0 aromatic heterocycles. The van der Waals surface area contributed by atoms with Crippen LogP contribution in [-0.4, -0.2) is 13.1 Å². The fourth-order valence-corrected chi connectivity index (χ4v) is 2.23. The Morgan fingerprint density at radius 1 is 1.50 bits per heavy atom. The monoisotopic (exact) mass is 248 g/mol. The fraction of sp³-hybridized carbons (Fsp3) is 0.533. The predicted octanol–water partition coefficient (Wildman–Crippen LogP) is 3.27. The lowest BCUT2D eigenvalue weighted by Crippen LogP contribution is -2.16. The second-order valence-electron chi connectivity index (χ2n) is 4.84. The molecule has 2 unspecified atom stereocenters. The molecule has 1 aromatic carbocycles. The van der Waals surface area contributed by atoms with Crippen LogP contribution in [-0.2, 0) is 16.0 Å². The third-order valence-electron chi connectivity index (χ3n) is 3.65. The third-order valence-corrected chi connectivity index (χ3v) is 3.65. The summed E-state index contributed by atoms with van der Waals surface area (Å²) < 4.78 is 10.8. The molecule has 3 nitrogen and oxygen atoms in total. The van der Waals surface area contributed by atoms with Gasteiger partial charge in [-0.25, -0.2) is 0 Å². The lowest BCUT2D eigenvalue weighted by atomic mass is 10.1. The molecule has 98 valence electrons. The maximum absolute atomic E-state index is 11.8. The second-order valence-corrected chi connectivity index (χ2v) is 4.84. The number of hydrogen-bond acceptors (Lipinski definition) is 3. The van der Waals surface area contributed by atoms with Gasteiger partial charge in [0.05, 0.1) is 13.0 Å². The van der Waals surface area contributed by atoms with E-state index in [2.05, 4.69) is 0 Å². The number of carbonyl (C=O) groups is 1. The number of benzene rings is 1. The van der Waals surface area contributed by atoms with Crippen LogP contribution in [0.5, 0.6) is 5.75 Å². The van der Waals surface area contributed by atoms with Gasteiger partial charge in [0.2, 0.25) is 0 Å². The van der Waals surface area contributed by atoms with Gasteiger partial charge in [0.15, 0.2) is 0 Å². The van der Waals surface area contributed by atoms with Gasteiger partial charge >= 0.3 is 5.97 Å². The van der Waals surface area contributed by atoms with E-state index < -0.39 is 0 Å². The Kier molecular flexibility index (Phi) is 3.90. The maximum atomic E-state index is 11.8. The molecule has 1 aliphatic carbocycles. The van der Waals surface area contributed by atoms with E-state index >= 15 is 0 Å². The number of methoxy groups -OCH3 is 1. The first-order valence-electron chi connectivity index (χ1n) is 6.53. The molecule has 0 amide bonds. The van der Waals surface area contributed by atoms with Crippen molar-refractivity contribution < 1.29 is 14.3 Å². The summed E-state index contributed by atoms with van der Waals surface area (Å²) in [5, 5.41) is 0.